The van der Waals surface area contributed by atoms with E-state index < -0.39 is 10.0 Å². The molecule has 2 heterocycles. The number of aryl methyl sites for hydroxylation is 1. The SMILES string of the molecule is Cc1ccc(CS(=O)(=O)N2CCCN(C(=O)c3cc[nH]c3)CC2)cc1. The third-order valence-corrected chi connectivity index (χ3v) is 6.30. The predicted molar refractivity (Wildman–Crippen MR) is 96.7 cm³/mol. The summed E-state index contributed by atoms with van der Waals surface area (Å²) in [7, 11) is -3.39. The van der Waals surface area contributed by atoms with Gasteiger partial charge in [0.05, 0.1) is 11.3 Å². The Morgan fingerprint density at radius 3 is 2.52 bits per heavy atom. The Bertz CT molecular complexity index is 814. The fraction of sp³-hybridized carbons (Fsp3) is 0.389. The Hall–Kier alpha value is -2.12. The van der Waals surface area contributed by atoms with Crippen molar-refractivity contribution in [1.29, 1.82) is 0 Å². The molecule has 1 aliphatic heterocycles. The van der Waals surface area contributed by atoms with Gasteiger partial charge in [-0.2, -0.15) is 4.31 Å². The monoisotopic (exact) mass is 361 g/mol. The van der Waals surface area contributed by atoms with Crippen molar-refractivity contribution >= 4 is 15.9 Å². The fourth-order valence-corrected chi connectivity index (χ4v) is 4.56. The predicted octanol–water partition coefficient (Wildman–Crippen LogP) is 2.00. The summed E-state index contributed by atoms with van der Waals surface area (Å²) in [6.07, 6.45) is 4.02. The van der Waals surface area contributed by atoms with Crippen molar-refractivity contribution in [3.63, 3.8) is 0 Å². The minimum Gasteiger partial charge on any atom is -0.367 e. The lowest BCUT2D eigenvalue weighted by atomic mass is 10.2. The highest BCUT2D eigenvalue weighted by atomic mass is 32.2. The second-order valence-corrected chi connectivity index (χ2v) is 8.36. The van der Waals surface area contributed by atoms with Gasteiger partial charge in [-0.1, -0.05) is 29.8 Å². The molecule has 25 heavy (non-hydrogen) atoms. The maximum absolute atomic E-state index is 12.7. The molecule has 7 heteroatoms. The van der Waals surface area contributed by atoms with Crippen molar-refractivity contribution in [3.05, 3.63) is 59.4 Å². The molecule has 1 N–H and O–H groups in total. The number of aromatic nitrogens is 1. The highest BCUT2D eigenvalue weighted by Gasteiger charge is 2.27. The largest absolute Gasteiger partial charge is 0.367 e. The highest BCUT2D eigenvalue weighted by Crippen LogP contribution is 2.16. The van der Waals surface area contributed by atoms with E-state index in [-0.39, 0.29) is 11.7 Å². The molecule has 6 nitrogen and oxygen atoms in total. The van der Waals surface area contributed by atoms with Crippen LogP contribution in [0, 0.1) is 6.92 Å². The first-order valence-corrected chi connectivity index (χ1v) is 10.0. The molecule has 1 amide bonds. The van der Waals surface area contributed by atoms with Crippen molar-refractivity contribution in [2.24, 2.45) is 0 Å². The van der Waals surface area contributed by atoms with E-state index in [1.54, 1.807) is 23.4 Å². The smallest absolute Gasteiger partial charge is 0.255 e. The van der Waals surface area contributed by atoms with Crippen LogP contribution in [0.5, 0.6) is 0 Å². The Morgan fingerprint density at radius 2 is 1.84 bits per heavy atom. The number of carbonyl (C=O) groups excluding carboxylic acids is 1. The molecule has 0 aliphatic carbocycles. The summed E-state index contributed by atoms with van der Waals surface area (Å²) in [6.45, 7) is 3.75. The minimum absolute atomic E-state index is 0.000955. The lowest BCUT2D eigenvalue weighted by Crippen LogP contribution is -2.37. The molecule has 1 aromatic carbocycles. The lowest BCUT2D eigenvalue weighted by molar-refractivity contribution is 0.0764. The fourth-order valence-electron chi connectivity index (χ4n) is 3.00. The zero-order valence-corrected chi connectivity index (χ0v) is 15.1. The first kappa shape index (κ1) is 17.7. The molecule has 2 aromatic rings. The molecule has 134 valence electrons. The summed E-state index contributed by atoms with van der Waals surface area (Å²) in [5.41, 5.74) is 2.50. The van der Waals surface area contributed by atoms with Crippen molar-refractivity contribution in [2.75, 3.05) is 26.2 Å². The molecule has 3 rings (SSSR count). The van der Waals surface area contributed by atoms with E-state index in [1.807, 2.05) is 31.2 Å². The number of sulfonamides is 1. The first-order valence-electron chi connectivity index (χ1n) is 8.41. The first-order chi connectivity index (χ1) is 12.0. The molecule has 0 radical (unpaired) electrons. The van der Waals surface area contributed by atoms with Crippen LogP contribution in [0.15, 0.2) is 42.7 Å². The van der Waals surface area contributed by atoms with Gasteiger partial charge in [0.2, 0.25) is 10.0 Å². The quantitative estimate of drug-likeness (QED) is 0.905. The van der Waals surface area contributed by atoms with Crippen LogP contribution in [-0.2, 0) is 15.8 Å². The van der Waals surface area contributed by atoms with Gasteiger partial charge in [-0.25, -0.2) is 8.42 Å². The van der Waals surface area contributed by atoms with E-state index in [4.69, 9.17) is 0 Å². The van der Waals surface area contributed by atoms with Crippen molar-refractivity contribution in [1.82, 2.24) is 14.2 Å². The number of nitrogens with zero attached hydrogens (tertiary/aromatic N) is 2. The van der Waals surface area contributed by atoms with Crippen LogP contribution in [0.3, 0.4) is 0 Å². The summed E-state index contributed by atoms with van der Waals surface area (Å²) in [5, 5.41) is 0. The van der Waals surface area contributed by atoms with Crippen LogP contribution in [0.2, 0.25) is 0 Å². The van der Waals surface area contributed by atoms with Crippen LogP contribution < -0.4 is 0 Å². The molecule has 0 spiro atoms. The molecular formula is C18H23N3O3S. The summed E-state index contributed by atoms with van der Waals surface area (Å²) in [5.74, 6) is -0.0574. The molecule has 0 unspecified atom stereocenters. The zero-order chi connectivity index (χ0) is 17.9. The van der Waals surface area contributed by atoms with Crippen molar-refractivity contribution in [2.45, 2.75) is 19.1 Å². The molecule has 0 atom stereocenters. The number of aromatic amines is 1. The number of hydrogen-bond donors (Lipinski definition) is 1. The number of H-pyrrole nitrogens is 1. The highest BCUT2D eigenvalue weighted by molar-refractivity contribution is 7.88. The summed E-state index contributed by atoms with van der Waals surface area (Å²) in [6, 6.07) is 9.28. The number of nitrogens with one attached hydrogen (secondary N) is 1. The minimum atomic E-state index is -3.39. The van der Waals surface area contributed by atoms with Crippen LogP contribution in [-0.4, -0.2) is 54.7 Å². The maximum Gasteiger partial charge on any atom is 0.255 e. The van der Waals surface area contributed by atoms with E-state index in [2.05, 4.69) is 4.98 Å². The van der Waals surface area contributed by atoms with Gasteiger partial charge in [0.1, 0.15) is 0 Å². The van der Waals surface area contributed by atoms with Gasteiger partial charge in [0, 0.05) is 38.6 Å². The second-order valence-electron chi connectivity index (χ2n) is 6.39. The Morgan fingerprint density at radius 1 is 1.08 bits per heavy atom. The number of hydrogen-bond acceptors (Lipinski definition) is 3. The molecule has 1 aliphatic rings. The van der Waals surface area contributed by atoms with E-state index in [9.17, 15) is 13.2 Å². The third-order valence-electron chi connectivity index (χ3n) is 4.45. The normalized spacial score (nSPS) is 16.6. The van der Waals surface area contributed by atoms with Gasteiger partial charge in [0.25, 0.3) is 5.91 Å². The standard InChI is InChI=1S/C18H23N3O3S/c1-15-3-5-16(6-4-15)14-25(23,24)21-10-2-9-20(11-12-21)18(22)17-7-8-19-13-17/h3-8,13,19H,2,9-12,14H2,1H3. The third kappa shape index (κ3) is 4.29. The number of benzene rings is 1. The van der Waals surface area contributed by atoms with Crippen molar-refractivity contribution in [3.8, 4) is 0 Å². The Balaban J connectivity index is 1.65. The van der Waals surface area contributed by atoms with Crippen molar-refractivity contribution < 1.29 is 13.2 Å². The van der Waals surface area contributed by atoms with Crippen LogP contribution >= 0.6 is 0 Å². The summed E-state index contributed by atoms with van der Waals surface area (Å²) >= 11 is 0. The molecule has 1 aromatic heterocycles. The maximum atomic E-state index is 12.7. The van der Waals surface area contributed by atoms with Crippen LogP contribution in [0.4, 0.5) is 0 Å². The Kier molecular flexibility index (Phi) is 5.24. The van der Waals surface area contributed by atoms with Crippen LogP contribution in [0.25, 0.3) is 0 Å². The van der Waals surface area contributed by atoms with Crippen LogP contribution in [0.1, 0.15) is 27.9 Å². The number of carbonyl (C=O) groups is 1. The van der Waals surface area contributed by atoms with Gasteiger partial charge in [-0.3, -0.25) is 4.79 Å². The van der Waals surface area contributed by atoms with E-state index in [0.717, 1.165) is 11.1 Å². The zero-order valence-electron chi connectivity index (χ0n) is 14.3. The number of rotatable bonds is 4. The lowest BCUT2D eigenvalue weighted by Gasteiger charge is -2.21. The summed E-state index contributed by atoms with van der Waals surface area (Å²) in [4.78, 5) is 17.0. The average Bonchev–Trinajstić information content (AvgIpc) is 3.00. The summed E-state index contributed by atoms with van der Waals surface area (Å²) < 4.78 is 26.9. The van der Waals surface area contributed by atoms with Gasteiger partial charge in [-0.15, -0.1) is 0 Å². The van der Waals surface area contributed by atoms with Gasteiger partial charge < -0.3 is 9.88 Å². The average molecular weight is 361 g/mol. The molecule has 0 saturated carbocycles. The van der Waals surface area contributed by atoms with Gasteiger partial charge in [0.15, 0.2) is 0 Å². The molecule has 1 fully saturated rings. The molecular weight excluding hydrogens is 338 g/mol. The van der Waals surface area contributed by atoms with Gasteiger partial charge >= 0.3 is 0 Å². The van der Waals surface area contributed by atoms with E-state index >= 15 is 0 Å². The topological polar surface area (TPSA) is 73.5 Å². The van der Waals surface area contributed by atoms with Gasteiger partial charge in [-0.05, 0) is 25.0 Å². The molecule has 1 saturated heterocycles. The van der Waals surface area contributed by atoms with E-state index in [0.29, 0.717) is 38.2 Å². The number of amides is 1. The molecule has 0 bridgehead atoms. The second kappa shape index (κ2) is 7.41. The van der Waals surface area contributed by atoms with E-state index in [1.165, 1.54) is 4.31 Å². The Labute approximate surface area is 148 Å².